The number of ether oxygens (including phenoxy) is 2. The number of carbonyl (C=O) groups is 2. The van der Waals surface area contributed by atoms with E-state index in [1.807, 2.05) is 19.9 Å². The molecule has 180 valence electrons. The molecule has 2 amide bonds. The number of hydrogen-bond donors (Lipinski definition) is 1. The van der Waals surface area contributed by atoms with Crippen LogP contribution in [-0.2, 0) is 22.7 Å². The quantitative estimate of drug-likeness (QED) is 0.727. The van der Waals surface area contributed by atoms with Gasteiger partial charge in [-0.3, -0.25) is 4.79 Å². The number of aliphatic hydroxyl groups is 1. The Bertz CT molecular complexity index is 906. The molecule has 1 aromatic carbocycles. The van der Waals surface area contributed by atoms with Gasteiger partial charge in [-0.2, -0.15) is 0 Å². The van der Waals surface area contributed by atoms with Crippen molar-refractivity contribution in [2.75, 3.05) is 26.7 Å². The number of nitrogens with zero attached hydrogens (tertiary/aromatic N) is 5. The second-order valence-corrected chi connectivity index (χ2v) is 8.52. The Morgan fingerprint density at radius 1 is 1.36 bits per heavy atom. The molecule has 1 N–H and O–H groups in total. The van der Waals surface area contributed by atoms with Crippen LogP contribution < -0.4 is 4.74 Å². The zero-order valence-corrected chi connectivity index (χ0v) is 19.5. The fraction of sp³-hybridized carbons (Fsp3) is 0.565. The third-order valence-corrected chi connectivity index (χ3v) is 5.85. The third-order valence-electron chi connectivity index (χ3n) is 5.85. The molecule has 0 saturated heterocycles. The van der Waals surface area contributed by atoms with Crippen molar-refractivity contribution in [1.82, 2.24) is 24.8 Å². The maximum Gasteiger partial charge on any atom is 0.415 e. The molecule has 0 bridgehead atoms. The van der Waals surface area contributed by atoms with Gasteiger partial charge in [0.05, 0.1) is 43.8 Å². The molecule has 1 aromatic heterocycles. The van der Waals surface area contributed by atoms with E-state index in [2.05, 4.69) is 10.3 Å². The van der Waals surface area contributed by atoms with Crippen LogP contribution in [-0.4, -0.2) is 80.8 Å². The van der Waals surface area contributed by atoms with Crippen molar-refractivity contribution in [3.8, 4) is 5.75 Å². The summed E-state index contributed by atoms with van der Waals surface area (Å²) in [4.78, 5) is 28.7. The summed E-state index contributed by atoms with van der Waals surface area (Å²) in [5.74, 6) is 0.324. The van der Waals surface area contributed by atoms with Crippen LogP contribution in [0.5, 0.6) is 5.75 Å². The number of likely N-dealkylation sites (N-methyl/N-ethyl adjacent to an activating group) is 1. The summed E-state index contributed by atoms with van der Waals surface area (Å²) in [6.45, 7) is 5.19. The summed E-state index contributed by atoms with van der Waals surface area (Å²) in [6, 6.07) is 8.56. The number of fused-ring (bicyclic) bond motifs is 1. The van der Waals surface area contributed by atoms with Gasteiger partial charge in [0.2, 0.25) is 5.91 Å². The lowest BCUT2D eigenvalue weighted by molar-refractivity contribution is -0.136. The van der Waals surface area contributed by atoms with E-state index in [4.69, 9.17) is 9.47 Å². The Morgan fingerprint density at radius 3 is 2.85 bits per heavy atom. The molecule has 3 rings (SSSR count). The van der Waals surface area contributed by atoms with Crippen LogP contribution in [0.15, 0.2) is 36.5 Å². The number of aliphatic hydroxyl groups excluding tert-OH is 1. The number of hydrogen-bond acceptors (Lipinski definition) is 7. The first-order valence-corrected chi connectivity index (χ1v) is 11.3. The average Bonchev–Trinajstić information content (AvgIpc) is 3.26. The van der Waals surface area contributed by atoms with Crippen LogP contribution in [0.2, 0.25) is 0 Å². The van der Waals surface area contributed by atoms with Crippen molar-refractivity contribution < 1.29 is 24.2 Å². The lowest BCUT2D eigenvalue weighted by atomic mass is 10.0. The van der Waals surface area contributed by atoms with Crippen LogP contribution in [0.4, 0.5) is 4.79 Å². The SMILES string of the molecule is C[C@H]1CN([C@@H](C)CO)C(=O)CCCn2nncc2CO[C@H]1CN(C)C(=O)Oc1ccccc1. The fourth-order valence-corrected chi connectivity index (χ4v) is 3.76. The van der Waals surface area contributed by atoms with Gasteiger partial charge in [-0.05, 0) is 25.5 Å². The van der Waals surface area contributed by atoms with E-state index in [1.54, 1.807) is 47.1 Å². The van der Waals surface area contributed by atoms with Crippen LogP contribution >= 0.6 is 0 Å². The number of carbonyl (C=O) groups excluding carboxylic acids is 2. The zero-order valence-electron chi connectivity index (χ0n) is 19.5. The molecular formula is C23H33N5O5. The lowest BCUT2D eigenvalue weighted by Gasteiger charge is -2.35. The second kappa shape index (κ2) is 11.8. The fourth-order valence-electron chi connectivity index (χ4n) is 3.76. The Labute approximate surface area is 194 Å². The Kier molecular flexibility index (Phi) is 8.79. The number of amides is 2. The predicted molar refractivity (Wildman–Crippen MR) is 120 cm³/mol. The molecule has 0 unspecified atom stereocenters. The summed E-state index contributed by atoms with van der Waals surface area (Å²) in [6.07, 6.45) is 1.75. The molecule has 0 fully saturated rings. The molecule has 2 heterocycles. The zero-order chi connectivity index (χ0) is 23.8. The van der Waals surface area contributed by atoms with Gasteiger partial charge in [0.25, 0.3) is 0 Å². The predicted octanol–water partition coefficient (Wildman–Crippen LogP) is 1.93. The van der Waals surface area contributed by atoms with Crippen molar-refractivity contribution in [2.24, 2.45) is 5.92 Å². The number of aromatic nitrogens is 3. The molecule has 3 atom stereocenters. The van der Waals surface area contributed by atoms with E-state index < -0.39 is 6.09 Å². The maximum absolute atomic E-state index is 12.9. The highest BCUT2D eigenvalue weighted by atomic mass is 16.6. The first-order chi connectivity index (χ1) is 15.9. The average molecular weight is 460 g/mol. The minimum Gasteiger partial charge on any atom is -0.410 e. The lowest BCUT2D eigenvalue weighted by Crippen LogP contribution is -2.48. The van der Waals surface area contributed by atoms with Gasteiger partial charge in [-0.25, -0.2) is 9.48 Å². The van der Waals surface area contributed by atoms with E-state index in [0.29, 0.717) is 31.7 Å². The maximum atomic E-state index is 12.9. The molecule has 2 aromatic rings. The van der Waals surface area contributed by atoms with Crippen molar-refractivity contribution in [3.63, 3.8) is 0 Å². The molecule has 0 saturated carbocycles. The number of rotatable bonds is 5. The number of aryl methyl sites for hydroxylation is 1. The van der Waals surface area contributed by atoms with Gasteiger partial charge in [-0.1, -0.05) is 30.3 Å². The molecule has 0 radical (unpaired) electrons. The van der Waals surface area contributed by atoms with Crippen molar-refractivity contribution >= 4 is 12.0 Å². The summed E-state index contributed by atoms with van der Waals surface area (Å²) in [7, 11) is 1.66. The van der Waals surface area contributed by atoms with Crippen molar-refractivity contribution in [2.45, 2.75) is 52.0 Å². The summed E-state index contributed by atoms with van der Waals surface area (Å²) < 4.78 is 13.4. The number of benzene rings is 1. The van der Waals surface area contributed by atoms with Crippen molar-refractivity contribution in [1.29, 1.82) is 0 Å². The highest BCUT2D eigenvalue weighted by molar-refractivity contribution is 5.76. The Hall–Kier alpha value is -2.98. The second-order valence-electron chi connectivity index (χ2n) is 8.52. The van der Waals surface area contributed by atoms with E-state index >= 15 is 0 Å². The largest absolute Gasteiger partial charge is 0.415 e. The molecule has 1 aliphatic heterocycles. The highest BCUT2D eigenvalue weighted by Crippen LogP contribution is 2.19. The monoisotopic (exact) mass is 459 g/mol. The minimum atomic E-state index is -0.494. The molecule has 0 spiro atoms. The van der Waals surface area contributed by atoms with Crippen molar-refractivity contribution in [3.05, 3.63) is 42.2 Å². The normalized spacial score (nSPS) is 20.8. The Balaban J connectivity index is 1.76. The van der Waals surface area contributed by atoms with E-state index in [-0.39, 0.29) is 43.7 Å². The van der Waals surface area contributed by atoms with Gasteiger partial charge < -0.3 is 24.4 Å². The van der Waals surface area contributed by atoms with E-state index in [1.165, 1.54) is 4.90 Å². The minimum absolute atomic E-state index is 0.0266. The molecule has 33 heavy (non-hydrogen) atoms. The van der Waals surface area contributed by atoms with E-state index in [9.17, 15) is 14.7 Å². The van der Waals surface area contributed by atoms with Crippen LogP contribution in [0.25, 0.3) is 0 Å². The summed E-state index contributed by atoms with van der Waals surface area (Å²) in [5.41, 5.74) is 0.815. The molecule has 1 aliphatic rings. The first-order valence-electron chi connectivity index (χ1n) is 11.3. The summed E-state index contributed by atoms with van der Waals surface area (Å²) >= 11 is 0. The topological polar surface area (TPSA) is 110 Å². The summed E-state index contributed by atoms with van der Waals surface area (Å²) in [5, 5.41) is 17.8. The molecule has 10 nitrogen and oxygen atoms in total. The van der Waals surface area contributed by atoms with Gasteiger partial charge in [0.15, 0.2) is 0 Å². The first kappa shape index (κ1) is 24.7. The number of para-hydroxylation sites is 1. The van der Waals surface area contributed by atoms with Gasteiger partial charge in [0.1, 0.15) is 5.75 Å². The molecule has 0 aliphatic carbocycles. The van der Waals surface area contributed by atoms with Crippen LogP contribution in [0.3, 0.4) is 0 Å². The molecule has 10 heteroatoms. The van der Waals surface area contributed by atoms with E-state index in [0.717, 1.165) is 5.69 Å². The van der Waals surface area contributed by atoms with Gasteiger partial charge >= 0.3 is 6.09 Å². The van der Waals surface area contributed by atoms with Gasteiger partial charge in [-0.15, -0.1) is 5.10 Å². The standard InChI is InChI=1S/C23H33N5O5/c1-17-13-27(18(2)15-29)22(30)10-7-11-28-19(12-24-25-28)16-32-21(17)14-26(3)23(31)33-20-8-5-4-6-9-20/h4-6,8-9,12,17-18,21,29H,7,10-11,13-16H2,1-3H3/t17-,18-,21-/m0/s1. The van der Waals surface area contributed by atoms with Crippen LogP contribution in [0.1, 0.15) is 32.4 Å². The smallest absolute Gasteiger partial charge is 0.410 e. The van der Waals surface area contributed by atoms with Crippen LogP contribution in [0, 0.1) is 5.92 Å². The highest BCUT2D eigenvalue weighted by Gasteiger charge is 2.29. The Morgan fingerprint density at radius 2 is 2.12 bits per heavy atom. The molecular weight excluding hydrogens is 426 g/mol. The third kappa shape index (κ3) is 6.75. The van der Waals surface area contributed by atoms with Gasteiger partial charge in [0, 0.05) is 32.5 Å².